The normalized spacial score (nSPS) is 12.0. The van der Waals surface area contributed by atoms with E-state index in [0.29, 0.717) is 17.1 Å². The minimum absolute atomic E-state index is 0.0424. The van der Waals surface area contributed by atoms with E-state index in [1.807, 2.05) is 0 Å². The third kappa shape index (κ3) is 6.65. The van der Waals surface area contributed by atoms with Crippen LogP contribution in [0.15, 0.2) is 82.1 Å². The van der Waals surface area contributed by atoms with Gasteiger partial charge in [-0.1, -0.05) is 12.1 Å². The predicted molar refractivity (Wildman–Crippen MR) is 136 cm³/mol. The van der Waals surface area contributed by atoms with Crippen LogP contribution in [0.25, 0.3) is 17.4 Å². The van der Waals surface area contributed by atoms with E-state index in [0.717, 1.165) is 12.1 Å². The molecule has 0 aliphatic rings. The molecule has 0 saturated carbocycles. The first-order valence-corrected chi connectivity index (χ1v) is 12.6. The minimum Gasteiger partial charge on any atom is -0.457 e. The zero-order valence-electron chi connectivity index (χ0n) is 20.1. The van der Waals surface area contributed by atoms with Crippen LogP contribution in [0.2, 0.25) is 0 Å². The first-order valence-electron chi connectivity index (χ1n) is 11.1. The van der Waals surface area contributed by atoms with Crippen molar-refractivity contribution in [2.45, 2.75) is 24.9 Å². The van der Waals surface area contributed by atoms with Crippen molar-refractivity contribution in [3.05, 3.63) is 95.5 Å². The summed E-state index contributed by atoms with van der Waals surface area (Å²) in [6.07, 6.45) is -1.94. The molecule has 0 fully saturated rings. The van der Waals surface area contributed by atoms with Gasteiger partial charge in [0.2, 0.25) is 11.9 Å². The molecule has 0 aliphatic carbocycles. The maximum atomic E-state index is 12.9. The second-order valence-corrected chi connectivity index (χ2v) is 9.89. The summed E-state index contributed by atoms with van der Waals surface area (Å²) in [5.41, 5.74) is 1.02. The van der Waals surface area contributed by atoms with Gasteiger partial charge in [-0.05, 0) is 74.5 Å². The number of anilines is 2. The molecule has 2 aromatic heterocycles. The number of halogens is 3. The van der Waals surface area contributed by atoms with E-state index >= 15 is 0 Å². The van der Waals surface area contributed by atoms with Crippen molar-refractivity contribution in [1.29, 1.82) is 0 Å². The van der Waals surface area contributed by atoms with Crippen molar-refractivity contribution in [3.63, 3.8) is 0 Å². The average molecular weight is 543 g/mol. The monoisotopic (exact) mass is 542 g/mol. The standard InChI is InChI=1S/C26H21F3N4O4S/c1-16-14-17(2)31-25(30-16)33-38(35,36)22-10-6-20(7-11-22)32-24(34)13-9-21-8-12-23(37-21)18-4-3-5-19(15-18)26(27,28)29/h3-15H,1-2H3,(H,32,34)(H,30,31,33)/b13-9+. The summed E-state index contributed by atoms with van der Waals surface area (Å²) in [6, 6.07) is 14.9. The molecule has 0 spiro atoms. The summed E-state index contributed by atoms with van der Waals surface area (Å²) >= 11 is 0. The van der Waals surface area contributed by atoms with Crippen molar-refractivity contribution >= 4 is 33.6 Å². The predicted octanol–water partition coefficient (Wildman–Crippen LogP) is 5.82. The second kappa shape index (κ2) is 10.5. The third-order valence-corrected chi connectivity index (χ3v) is 6.48. The number of benzene rings is 2. The minimum atomic E-state index is -4.48. The number of rotatable bonds is 7. The molecular weight excluding hydrogens is 521 g/mol. The van der Waals surface area contributed by atoms with Gasteiger partial charge in [-0.15, -0.1) is 0 Å². The molecule has 0 bridgehead atoms. The van der Waals surface area contributed by atoms with Crippen molar-refractivity contribution in [3.8, 4) is 11.3 Å². The Morgan fingerprint density at radius 2 is 1.63 bits per heavy atom. The van der Waals surface area contributed by atoms with Crippen LogP contribution in [0.4, 0.5) is 24.8 Å². The van der Waals surface area contributed by atoms with Gasteiger partial charge in [0.05, 0.1) is 10.5 Å². The van der Waals surface area contributed by atoms with Gasteiger partial charge in [0.15, 0.2) is 0 Å². The summed E-state index contributed by atoms with van der Waals surface area (Å²) in [7, 11) is -3.95. The van der Waals surface area contributed by atoms with E-state index in [4.69, 9.17) is 4.42 Å². The lowest BCUT2D eigenvalue weighted by Crippen LogP contribution is -2.16. The van der Waals surface area contributed by atoms with Crippen LogP contribution in [0, 0.1) is 13.8 Å². The molecule has 0 atom stereocenters. The molecule has 1 amide bonds. The molecule has 4 aromatic rings. The molecule has 38 heavy (non-hydrogen) atoms. The fraction of sp³-hybridized carbons (Fsp3) is 0.115. The number of alkyl halides is 3. The Bertz CT molecular complexity index is 1590. The lowest BCUT2D eigenvalue weighted by atomic mass is 10.1. The molecular formula is C26H21F3N4O4S. The fourth-order valence-electron chi connectivity index (χ4n) is 3.46. The number of sulfonamides is 1. The van der Waals surface area contributed by atoms with Crippen molar-refractivity contribution in [2.24, 2.45) is 0 Å². The Balaban J connectivity index is 1.39. The summed E-state index contributed by atoms with van der Waals surface area (Å²) in [6.45, 7) is 3.44. The van der Waals surface area contributed by atoms with Gasteiger partial charge in [0.1, 0.15) is 11.5 Å². The average Bonchev–Trinajstić information content (AvgIpc) is 3.31. The Morgan fingerprint density at radius 1 is 0.947 bits per heavy atom. The number of carbonyl (C=O) groups is 1. The van der Waals surface area contributed by atoms with Gasteiger partial charge < -0.3 is 9.73 Å². The van der Waals surface area contributed by atoms with Crippen molar-refractivity contribution < 1.29 is 30.8 Å². The molecule has 12 heteroatoms. The van der Waals surface area contributed by atoms with E-state index < -0.39 is 27.7 Å². The maximum absolute atomic E-state index is 12.9. The SMILES string of the molecule is Cc1cc(C)nc(NS(=O)(=O)c2ccc(NC(=O)/C=C/c3ccc(-c4cccc(C(F)(F)F)c4)o3)cc2)n1. The zero-order chi connectivity index (χ0) is 27.5. The first kappa shape index (κ1) is 26.6. The summed E-state index contributed by atoms with van der Waals surface area (Å²) < 4.78 is 72.0. The van der Waals surface area contributed by atoms with E-state index in [-0.39, 0.29) is 27.9 Å². The second-order valence-electron chi connectivity index (χ2n) is 8.21. The van der Waals surface area contributed by atoms with Gasteiger partial charge in [0.25, 0.3) is 10.0 Å². The van der Waals surface area contributed by atoms with Crippen molar-refractivity contribution in [1.82, 2.24) is 9.97 Å². The molecule has 0 radical (unpaired) electrons. The maximum Gasteiger partial charge on any atom is 0.416 e. The first-order chi connectivity index (χ1) is 17.9. The van der Waals surface area contributed by atoms with Crippen molar-refractivity contribution in [2.75, 3.05) is 10.0 Å². The molecule has 2 N–H and O–H groups in total. The van der Waals surface area contributed by atoms with E-state index in [9.17, 15) is 26.4 Å². The van der Waals surface area contributed by atoms with E-state index in [1.165, 1.54) is 60.7 Å². The lowest BCUT2D eigenvalue weighted by Gasteiger charge is -2.09. The van der Waals surface area contributed by atoms with Crippen LogP contribution < -0.4 is 10.0 Å². The highest BCUT2D eigenvalue weighted by Crippen LogP contribution is 2.32. The number of carbonyl (C=O) groups excluding carboxylic acids is 1. The van der Waals surface area contributed by atoms with Crippen LogP contribution in [-0.2, 0) is 21.0 Å². The highest BCUT2D eigenvalue weighted by atomic mass is 32.2. The molecule has 196 valence electrons. The summed E-state index contributed by atoms with van der Waals surface area (Å²) in [5, 5.41) is 2.59. The molecule has 4 rings (SSSR count). The molecule has 0 aliphatic heterocycles. The van der Waals surface area contributed by atoms with Gasteiger partial charge in [-0.2, -0.15) is 13.2 Å². The van der Waals surface area contributed by atoms with Crippen LogP contribution >= 0.6 is 0 Å². The third-order valence-electron chi connectivity index (χ3n) is 5.14. The summed E-state index contributed by atoms with van der Waals surface area (Å²) in [5.74, 6) is -0.0972. The van der Waals surface area contributed by atoms with Crippen LogP contribution in [0.3, 0.4) is 0 Å². The molecule has 0 unspecified atom stereocenters. The molecule has 2 aromatic carbocycles. The number of aromatic nitrogens is 2. The Morgan fingerprint density at radius 3 is 2.29 bits per heavy atom. The highest BCUT2D eigenvalue weighted by Gasteiger charge is 2.30. The number of nitrogens with zero attached hydrogens (tertiary/aromatic N) is 2. The van der Waals surface area contributed by atoms with Crippen LogP contribution in [0.5, 0.6) is 0 Å². The molecule has 2 heterocycles. The van der Waals surface area contributed by atoms with Gasteiger partial charge in [-0.3, -0.25) is 4.79 Å². The van der Waals surface area contributed by atoms with Gasteiger partial charge >= 0.3 is 6.18 Å². The number of aryl methyl sites for hydroxylation is 2. The molecule has 8 nitrogen and oxygen atoms in total. The van der Waals surface area contributed by atoms with Gasteiger partial charge in [-0.25, -0.2) is 23.1 Å². The van der Waals surface area contributed by atoms with E-state index in [1.54, 1.807) is 19.9 Å². The highest BCUT2D eigenvalue weighted by molar-refractivity contribution is 7.92. The largest absolute Gasteiger partial charge is 0.457 e. The quantitative estimate of drug-likeness (QED) is 0.284. The fourth-order valence-corrected chi connectivity index (χ4v) is 4.40. The Kier molecular flexibility index (Phi) is 7.35. The topological polar surface area (TPSA) is 114 Å². The Hall–Kier alpha value is -4.45. The number of nitrogens with one attached hydrogen (secondary N) is 2. The smallest absolute Gasteiger partial charge is 0.416 e. The number of hydrogen-bond acceptors (Lipinski definition) is 6. The van der Waals surface area contributed by atoms with E-state index in [2.05, 4.69) is 20.0 Å². The lowest BCUT2D eigenvalue weighted by molar-refractivity contribution is -0.137. The van der Waals surface area contributed by atoms with Gasteiger partial charge in [0, 0.05) is 28.7 Å². The zero-order valence-corrected chi connectivity index (χ0v) is 20.9. The Labute approximate surface area is 216 Å². The number of hydrogen-bond donors (Lipinski definition) is 2. The number of amides is 1. The molecule has 0 saturated heterocycles. The number of furan rings is 1. The van der Waals surface area contributed by atoms with Crippen LogP contribution in [-0.4, -0.2) is 24.3 Å². The van der Waals surface area contributed by atoms with Crippen LogP contribution in [0.1, 0.15) is 22.7 Å². The summed E-state index contributed by atoms with van der Waals surface area (Å²) in [4.78, 5) is 20.4.